The number of piperidine rings is 1. The zero-order chi connectivity index (χ0) is 17.4. The van der Waals surface area contributed by atoms with Gasteiger partial charge in [-0.25, -0.2) is 4.79 Å². The summed E-state index contributed by atoms with van der Waals surface area (Å²) >= 11 is 0. The average molecular weight is 331 g/mol. The van der Waals surface area contributed by atoms with Gasteiger partial charge in [0.25, 0.3) is 0 Å². The lowest BCUT2D eigenvalue weighted by Gasteiger charge is -2.38. The van der Waals surface area contributed by atoms with Crippen molar-refractivity contribution in [3.8, 4) is 0 Å². The molecule has 0 unspecified atom stereocenters. The third-order valence-corrected chi connectivity index (χ3v) is 4.86. The maximum atomic E-state index is 13.0. The Kier molecular flexibility index (Phi) is 4.24. The van der Waals surface area contributed by atoms with E-state index >= 15 is 0 Å². The highest BCUT2D eigenvalue weighted by Gasteiger charge is 2.49. The number of pyridine rings is 1. The highest BCUT2D eigenvalue weighted by Crippen LogP contribution is 2.43. The topological polar surface area (TPSA) is 62.7 Å². The van der Waals surface area contributed by atoms with Gasteiger partial charge >= 0.3 is 6.09 Å². The molecule has 1 spiro atoms. The van der Waals surface area contributed by atoms with Crippen LogP contribution in [0.5, 0.6) is 0 Å². The number of hydrogen-bond donors (Lipinski definition) is 0. The molecule has 0 aromatic carbocycles. The van der Waals surface area contributed by atoms with Crippen LogP contribution < -0.4 is 4.90 Å². The van der Waals surface area contributed by atoms with Crippen LogP contribution in [0.4, 0.5) is 10.5 Å². The summed E-state index contributed by atoms with van der Waals surface area (Å²) in [6.45, 7) is 7.47. The van der Waals surface area contributed by atoms with E-state index < -0.39 is 5.60 Å². The predicted molar refractivity (Wildman–Crippen MR) is 90.7 cm³/mol. The SMILES string of the molecule is CC(C)(C)OC(=O)N1CCC2(CC1)CCN(c1ccncc1)C2=O. The van der Waals surface area contributed by atoms with Crippen LogP contribution in [-0.4, -0.2) is 47.1 Å². The minimum atomic E-state index is -0.493. The maximum absolute atomic E-state index is 13.0. The van der Waals surface area contributed by atoms with Gasteiger partial charge in [-0.3, -0.25) is 9.78 Å². The largest absolute Gasteiger partial charge is 0.444 e. The van der Waals surface area contributed by atoms with E-state index in [1.165, 1.54) is 0 Å². The summed E-state index contributed by atoms with van der Waals surface area (Å²) < 4.78 is 5.43. The van der Waals surface area contributed by atoms with E-state index in [4.69, 9.17) is 4.74 Å². The Morgan fingerprint density at radius 2 is 1.71 bits per heavy atom. The molecule has 2 amide bonds. The smallest absolute Gasteiger partial charge is 0.410 e. The van der Waals surface area contributed by atoms with Crippen LogP contribution >= 0.6 is 0 Å². The van der Waals surface area contributed by atoms with Crippen LogP contribution in [0.3, 0.4) is 0 Å². The second-order valence-corrected chi connectivity index (χ2v) is 7.66. The molecule has 0 saturated carbocycles. The Labute approximate surface area is 142 Å². The van der Waals surface area contributed by atoms with E-state index in [-0.39, 0.29) is 17.4 Å². The summed E-state index contributed by atoms with van der Waals surface area (Å²) in [4.78, 5) is 32.7. The number of nitrogens with zero attached hydrogens (tertiary/aromatic N) is 3. The van der Waals surface area contributed by atoms with Crippen molar-refractivity contribution >= 4 is 17.7 Å². The third-order valence-electron chi connectivity index (χ3n) is 4.86. The minimum Gasteiger partial charge on any atom is -0.444 e. The molecule has 3 rings (SSSR count). The molecule has 2 fully saturated rings. The first-order valence-electron chi connectivity index (χ1n) is 8.51. The molecule has 0 atom stereocenters. The lowest BCUT2D eigenvalue weighted by atomic mass is 9.77. The van der Waals surface area contributed by atoms with Crippen LogP contribution in [0.1, 0.15) is 40.0 Å². The number of likely N-dealkylation sites (tertiary alicyclic amines) is 1. The molecule has 1 aromatic heterocycles. The van der Waals surface area contributed by atoms with Gasteiger partial charge in [-0.1, -0.05) is 0 Å². The standard InChI is InChI=1S/C18H25N3O3/c1-17(2,3)24-16(23)20-11-6-18(7-12-20)8-13-21(15(18)22)14-4-9-19-10-5-14/h4-5,9-10H,6-8,11-13H2,1-3H3. The van der Waals surface area contributed by atoms with Crippen LogP contribution in [0.25, 0.3) is 0 Å². The van der Waals surface area contributed by atoms with Gasteiger partial charge in [-0.05, 0) is 52.2 Å². The van der Waals surface area contributed by atoms with Crippen molar-refractivity contribution in [1.29, 1.82) is 0 Å². The Morgan fingerprint density at radius 3 is 2.29 bits per heavy atom. The van der Waals surface area contributed by atoms with E-state index in [0.29, 0.717) is 25.9 Å². The first kappa shape index (κ1) is 16.7. The highest BCUT2D eigenvalue weighted by atomic mass is 16.6. The zero-order valence-electron chi connectivity index (χ0n) is 14.6. The Morgan fingerprint density at radius 1 is 1.12 bits per heavy atom. The van der Waals surface area contributed by atoms with Crippen LogP contribution in [0.2, 0.25) is 0 Å². The number of ether oxygens (including phenoxy) is 1. The Hall–Kier alpha value is -2.11. The first-order chi connectivity index (χ1) is 11.3. The molecular formula is C18H25N3O3. The van der Waals surface area contributed by atoms with Crippen LogP contribution in [-0.2, 0) is 9.53 Å². The number of carbonyl (C=O) groups is 2. The predicted octanol–water partition coefficient (Wildman–Crippen LogP) is 2.84. The average Bonchev–Trinajstić information content (AvgIpc) is 2.84. The molecule has 6 heteroatoms. The molecule has 2 aliphatic heterocycles. The van der Waals surface area contributed by atoms with Gasteiger partial charge in [0, 0.05) is 37.7 Å². The zero-order valence-corrected chi connectivity index (χ0v) is 14.6. The van der Waals surface area contributed by atoms with Gasteiger partial charge in [0.15, 0.2) is 0 Å². The van der Waals surface area contributed by atoms with Gasteiger partial charge in [-0.15, -0.1) is 0 Å². The maximum Gasteiger partial charge on any atom is 0.410 e. The van der Waals surface area contributed by atoms with E-state index in [2.05, 4.69) is 4.98 Å². The Balaban J connectivity index is 1.64. The van der Waals surface area contributed by atoms with Crippen molar-refractivity contribution in [2.45, 2.75) is 45.6 Å². The lowest BCUT2D eigenvalue weighted by Crippen LogP contribution is -2.48. The molecule has 24 heavy (non-hydrogen) atoms. The van der Waals surface area contributed by atoms with Crippen molar-refractivity contribution in [3.63, 3.8) is 0 Å². The van der Waals surface area contributed by atoms with Gasteiger partial charge in [0.2, 0.25) is 5.91 Å². The number of hydrogen-bond acceptors (Lipinski definition) is 4. The highest BCUT2D eigenvalue weighted by molar-refractivity contribution is 6.00. The quantitative estimate of drug-likeness (QED) is 0.794. The minimum absolute atomic E-state index is 0.178. The molecule has 2 saturated heterocycles. The number of aromatic nitrogens is 1. The van der Waals surface area contributed by atoms with Crippen molar-refractivity contribution in [2.24, 2.45) is 5.41 Å². The van der Waals surface area contributed by atoms with E-state index in [0.717, 1.165) is 18.7 Å². The molecule has 3 heterocycles. The molecule has 0 aliphatic carbocycles. The van der Waals surface area contributed by atoms with Crippen molar-refractivity contribution in [3.05, 3.63) is 24.5 Å². The fraction of sp³-hybridized carbons (Fsp3) is 0.611. The number of rotatable bonds is 1. The fourth-order valence-corrected chi connectivity index (χ4v) is 3.50. The van der Waals surface area contributed by atoms with E-state index in [9.17, 15) is 9.59 Å². The molecule has 6 nitrogen and oxygen atoms in total. The number of anilines is 1. The Bertz CT molecular complexity index is 616. The normalized spacial score (nSPS) is 20.5. The van der Waals surface area contributed by atoms with E-state index in [1.54, 1.807) is 17.3 Å². The summed E-state index contributed by atoms with van der Waals surface area (Å²) in [6, 6.07) is 3.74. The lowest BCUT2D eigenvalue weighted by molar-refractivity contribution is -0.128. The third kappa shape index (κ3) is 3.23. The van der Waals surface area contributed by atoms with Crippen LogP contribution in [0.15, 0.2) is 24.5 Å². The number of amides is 2. The molecular weight excluding hydrogens is 306 g/mol. The van der Waals surface area contributed by atoms with Crippen molar-refractivity contribution < 1.29 is 14.3 Å². The van der Waals surface area contributed by atoms with E-state index in [1.807, 2.05) is 37.8 Å². The van der Waals surface area contributed by atoms with Crippen molar-refractivity contribution in [1.82, 2.24) is 9.88 Å². The second kappa shape index (κ2) is 6.07. The van der Waals surface area contributed by atoms with Crippen LogP contribution in [0, 0.1) is 5.41 Å². The molecule has 0 N–H and O–H groups in total. The van der Waals surface area contributed by atoms with Gasteiger partial charge < -0.3 is 14.5 Å². The first-order valence-corrected chi connectivity index (χ1v) is 8.51. The molecule has 2 aliphatic rings. The molecule has 1 aromatic rings. The summed E-state index contributed by atoms with van der Waals surface area (Å²) in [5.41, 5.74) is 0.0800. The summed E-state index contributed by atoms with van der Waals surface area (Å²) in [5.74, 6) is 0.178. The molecule has 0 radical (unpaired) electrons. The summed E-state index contributed by atoms with van der Waals surface area (Å²) in [6.07, 6.45) is 5.38. The fourth-order valence-electron chi connectivity index (χ4n) is 3.50. The summed E-state index contributed by atoms with van der Waals surface area (Å²) in [5, 5.41) is 0. The summed E-state index contributed by atoms with van der Waals surface area (Å²) in [7, 11) is 0. The molecule has 0 bridgehead atoms. The second-order valence-electron chi connectivity index (χ2n) is 7.66. The van der Waals surface area contributed by atoms with Gasteiger partial charge in [0.1, 0.15) is 5.60 Å². The number of carbonyl (C=O) groups excluding carboxylic acids is 2. The molecule has 130 valence electrons. The van der Waals surface area contributed by atoms with Gasteiger partial charge in [-0.2, -0.15) is 0 Å². The van der Waals surface area contributed by atoms with Crippen molar-refractivity contribution in [2.75, 3.05) is 24.5 Å². The van der Waals surface area contributed by atoms with Gasteiger partial charge in [0.05, 0.1) is 5.41 Å². The monoisotopic (exact) mass is 331 g/mol.